The molecule has 0 amide bonds. The fourth-order valence-electron chi connectivity index (χ4n) is 4.35. The normalized spacial score (nSPS) is 18.5. The van der Waals surface area contributed by atoms with Crippen molar-refractivity contribution in [1.29, 1.82) is 0 Å². The summed E-state index contributed by atoms with van der Waals surface area (Å²) in [5.41, 5.74) is 6.13. The molecule has 1 nitrogen and oxygen atoms in total. The Kier molecular flexibility index (Phi) is 4.26. The van der Waals surface area contributed by atoms with Crippen LogP contribution in [0.2, 0.25) is 0 Å². The van der Waals surface area contributed by atoms with Crippen molar-refractivity contribution in [3.8, 4) is 0 Å². The first-order valence-electron chi connectivity index (χ1n) is 9.53. The molecule has 0 aromatic heterocycles. The zero-order valence-corrected chi connectivity index (χ0v) is 17.0. The maximum Gasteiger partial charge on any atom is 0.0456 e. The Labute approximate surface area is 154 Å². The summed E-state index contributed by atoms with van der Waals surface area (Å²) in [5, 5.41) is 0. The van der Waals surface area contributed by atoms with Crippen LogP contribution in [0.15, 0.2) is 48.5 Å². The lowest BCUT2D eigenvalue weighted by atomic mass is 9.62. The molecule has 0 radical (unpaired) electrons. The molecule has 2 aromatic carbocycles. The van der Waals surface area contributed by atoms with Gasteiger partial charge in [0.15, 0.2) is 0 Å². The monoisotopic (exact) mass is 335 g/mol. The quantitative estimate of drug-likeness (QED) is 0.572. The summed E-state index contributed by atoms with van der Waals surface area (Å²) >= 11 is 0. The van der Waals surface area contributed by atoms with Crippen LogP contribution in [0.1, 0.15) is 72.4 Å². The predicted octanol–water partition coefficient (Wildman–Crippen LogP) is 6.97. The maximum absolute atomic E-state index is 2.52. The number of anilines is 2. The second-order valence-electron chi connectivity index (χ2n) is 9.81. The topological polar surface area (TPSA) is 3.24 Å². The molecule has 3 rings (SSSR count). The zero-order valence-electron chi connectivity index (χ0n) is 17.0. The van der Waals surface area contributed by atoms with E-state index in [0.29, 0.717) is 0 Å². The molecule has 1 aliphatic rings. The molecule has 0 atom stereocenters. The highest BCUT2D eigenvalue weighted by Crippen LogP contribution is 2.51. The Morgan fingerprint density at radius 1 is 0.760 bits per heavy atom. The molecule has 0 N–H and O–H groups in total. The smallest absolute Gasteiger partial charge is 0.0456 e. The van der Waals surface area contributed by atoms with Gasteiger partial charge in [-0.1, -0.05) is 58.0 Å². The Bertz CT molecular complexity index is 747. The second kappa shape index (κ2) is 5.90. The van der Waals surface area contributed by atoms with Gasteiger partial charge >= 0.3 is 0 Å². The van der Waals surface area contributed by atoms with Crippen molar-refractivity contribution >= 4 is 11.4 Å². The summed E-state index contributed by atoms with van der Waals surface area (Å²) in [6.07, 6.45) is 2.48. The third kappa shape index (κ3) is 3.21. The Balaban J connectivity index is 2.30. The van der Waals surface area contributed by atoms with E-state index in [9.17, 15) is 0 Å². The van der Waals surface area contributed by atoms with E-state index in [1.807, 2.05) is 0 Å². The first-order chi connectivity index (χ1) is 11.5. The van der Waals surface area contributed by atoms with Crippen LogP contribution in [-0.2, 0) is 10.8 Å². The molecule has 0 unspecified atom stereocenters. The average Bonchev–Trinajstić information content (AvgIpc) is 2.52. The van der Waals surface area contributed by atoms with Gasteiger partial charge in [0.1, 0.15) is 0 Å². The van der Waals surface area contributed by atoms with Gasteiger partial charge in [-0.05, 0) is 73.8 Å². The number of hydrogen-bond acceptors (Lipinski definition) is 1. The minimum absolute atomic E-state index is 0.00808. The van der Waals surface area contributed by atoms with Crippen LogP contribution in [-0.4, -0.2) is 5.54 Å². The van der Waals surface area contributed by atoms with E-state index in [1.165, 1.54) is 35.3 Å². The minimum Gasteiger partial charge on any atom is -0.336 e. The van der Waals surface area contributed by atoms with Crippen LogP contribution in [0, 0.1) is 0 Å². The lowest BCUT2D eigenvalue weighted by molar-refractivity contribution is 0.331. The second-order valence-corrected chi connectivity index (χ2v) is 9.81. The molecule has 0 aliphatic heterocycles. The first kappa shape index (κ1) is 18.0. The van der Waals surface area contributed by atoms with Crippen LogP contribution < -0.4 is 4.90 Å². The predicted molar refractivity (Wildman–Crippen MR) is 110 cm³/mol. The van der Waals surface area contributed by atoms with Gasteiger partial charge in [-0.2, -0.15) is 0 Å². The van der Waals surface area contributed by atoms with E-state index in [0.717, 1.165) is 0 Å². The van der Waals surface area contributed by atoms with Crippen molar-refractivity contribution < 1.29 is 0 Å². The van der Waals surface area contributed by atoms with Crippen LogP contribution >= 0.6 is 0 Å². The number of para-hydroxylation sites is 1. The third-order valence-corrected chi connectivity index (χ3v) is 5.75. The van der Waals surface area contributed by atoms with Crippen molar-refractivity contribution in [1.82, 2.24) is 0 Å². The highest BCUT2D eigenvalue weighted by atomic mass is 15.2. The Morgan fingerprint density at radius 2 is 1.36 bits per heavy atom. The molecule has 1 heteroatoms. The number of nitrogens with zero attached hydrogens (tertiary/aromatic N) is 1. The molecule has 25 heavy (non-hydrogen) atoms. The van der Waals surface area contributed by atoms with E-state index >= 15 is 0 Å². The largest absolute Gasteiger partial charge is 0.336 e. The lowest BCUT2D eigenvalue weighted by Gasteiger charge is -2.47. The average molecular weight is 336 g/mol. The van der Waals surface area contributed by atoms with E-state index in [1.54, 1.807) is 0 Å². The summed E-state index contributed by atoms with van der Waals surface area (Å²) in [4.78, 5) is 2.52. The SMILES string of the molecule is CC1(C)CCC(C)(C)c2c(N(c3ccccc3)C(C)(C)C)cccc21. The number of hydrogen-bond donors (Lipinski definition) is 0. The van der Waals surface area contributed by atoms with E-state index < -0.39 is 0 Å². The highest BCUT2D eigenvalue weighted by molar-refractivity contribution is 5.72. The maximum atomic E-state index is 2.52. The molecule has 134 valence electrons. The Hall–Kier alpha value is -1.76. The summed E-state index contributed by atoms with van der Waals surface area (Å²) in [5.74, 6) is 0. The number of rotatable bonds is 2. The van der Waals surface area contributed by atoms with E-state index in [4.69, 9.17) is 0 Å². The standard InChI is InChI=1S/C24H33N/c1-22(2,3)25(18-12-9-8-10-13-18)20-15-11-14-19-21(20)24(6,7)17-16-23(19,4)5/h8-15H,16-17H2,1-7H3. The van der Waals surface area contributed by atoms with Crippen molar-refractivity contribution in [3.05, 3.63) is 59.7 Å². The van der Waals surface area contributed by atoms with E-state index in [2.05, 4.69) is 102 Å². The molecule has 0 saturated heterocycles. The minimum atomic E-state index is 0.00808. The lowest BCUT2D eigenvalue weighted by Crippen LogP contribution is -2.41. The van der Waals surface area contributed by atoms with Gasteiger partial charge in [0.05, 0.1) is 0 Å². The van der Waals surface area contributed by atoms with Gasteiger partial charge in [-0.25, -0.2) is 0 Å². The third-order valence-electron chi connectivity index (χ3n) is 5.75. The van der Waals surface area contributed by atoms with Crippen molar-refractivity contribution in [2.75, 3.05) is 4.90 Å². The van der Waals surface area contributed by atoms with Gasteiger partial charge in [0.25, 0.3) is 0 Å². The first-order valence-corrected chi connectivity index (χ1v) is 9.53. The molecule has 0 bridgehead atoms. The fourth-order valence-corrected chi connectivity index (χ4v) is 4.35. The van der Waals surface area contributed by atoms with Gasteiger partial charge < -0.3 is 4.90 Å². The van der Waals surface area contributed by atoms with Gasteiger partial charge in [-0.3, -0.25) is 0 Å². The molecule has 0 spiro atoms. The number of benzene rings is 2. The van der Waals surface area contributed by atoms with Gasteiger partial charge in [0, 0.05) is 16.9 Å². The molecule has 0 heterocycles. The van der Waals surface area contributed by atoms with Gasteiger partial charge in [-0.15, -0.1) is 0 Å². The molecular formula is C24H33N. The van der Waals surface area contributed by atoms with Crippen LogP contribution in [0.25, 0.3) is 0 Å². The fraction of sp³-hybridized carbons (Fsp3) is 0.500. The number of fused-ring (bicyclic) bond motifs is 1. The van der Waals surface area contributed by atoms with Gasteiger partial charge in [0.2, 0.25) is 0 Å². The summed E-state index contributed by atoms with van der Waals surface area (Å²) < 4.78 is 0. The highest BCUT2D eigenvalue weighted by Gasteiger charge is 2.40. The molecule has 0 fully saturated rings. The van der Waals surface area contributed by atoms with Crippen LogP contribution in [0.4, 0.5) is 11.4 Å². The molecular weight excluding hydrogens is 302 g/mol. The van der Waals surface area contributed by atoms with Crippen LogP contribution in [0.5, 0.6) is 0 Å². The molecule has 2 aromatic rings. The van der Waals surface area contributed by atoms with Crippen molar-refractivity contribution in [2.45, 2.75) is 77.7 Å². The summed E-state index contributed by atoms with van der Waals surface area (Å²) in [7, 11) is 0. The van der Waals surface area contributed by atoms with E-state index in [-0.39, 0.29) is 16.4 Å². The Morgan fingerprint density at radius 3 is 1.96 bits per heavy atom. The van der Waals surface area contributed by atoms with Crippen LogP contribution in [0.3, 0.4) is 0 Å². The molecule has 0 saturated carbocycles. The summed E-state index contributed by atoms with van der Waals surface area (Å²) in [6, 6.07) is 17.7. The van der Waals surface area contributed by atoms with Crippen molar-refractivity contribution in [3.63, 3.8) is 0 Å². The zero-order chi connectivity index (χ0) is 18.5. The summed E-state index contributed by atoms with van der Waals surface area (Å²) in [6.45, 7) is 16.5. The van der Waals surface area contributed by atoms with Crippen molar-refractivity contribution in [2.24, 2.45) is 0 Å². The molecule has 1 aliphatic carbocycles.